The number of rotatable bonds is 15. The fourth-order valence-corrected chi connectivity index (χ4v) is 11.8. The van der Waals surface area contributed by atoms with E-state index in [1.807, 2.05) is 56.7 Å². The van der Waals surface area contributed by atoms with Gasteiger partial charge in [-0.3, -0.25) is 9.59 Å². The lowest BCUT2D eigenvalue weighted by molar-refractivity contribution is -0.137. The summed E-state index contributed by atoms with van der Waals surface area (Å²) in [5, 5.41) is 5.62. The largest absolute Gasteiger partial charge is 0.453 e. The number of nitrogens with zero attached hydrogens (tertiary/aromatic N) is 4. The number of imidazole rings is 2. The fourth-order valence-electron chi connectivity index (χ4n) is 11.8. The van der Waals surface area contributed by atoms with Gasteiger partial charge in [0.1, 0.15) is 23.7 Å². The first kappa shape index (κ1) is 48.6. The smallest absolute Gasteiger partial charge is 0.407 e. The van der Waals surface area contributed by atoms with E-state index in [4.69, 9.17) is 19.4 Å². The molecule has 4 aliphatic rings. The molecule has 1 saturated carbocycles. The molecule has 370 valence electrons. The predicted octanol–water partition coefficient (Wildman–Crippen LogP) is 11.0. The molecular formula is C56H70N8O6. The minimum absolute atomic E-state index is 0.0162. The van der Waals surface area contributed by atoms with E-state index >= 15 is 0 Å². The van der Waals surface area contributed by atoms with Gasteiger partial charge >= 0.3 is 12.2 Å². The zero-order valence-electron chi connectivity index (χ0n) is 42.0. The van der Waals surface area contributed by atoms with Gasteiger partial charge in [0, 0.05) is 12.6 Å². The maximum atomic E-state index is 14.3. The van der Waals surface area contributed by atoms with Crippen LogP contribution < -0.4 is 10.6 Å². The van der Waals surface area contributed by atoms with Crippen LogP contribution in [0, 0.1) is 23.7 Å². The molecule has 2 aliphatic heterocycles. The number of benzene rings is 3. The molecule has 0 spiro atoms. The van der Waals surface area contributed by atoms with Crippen LogP contribution in [0.3, 0.4) is 0 Å². The van der Waals surface area contributed by atoms with Gasteiger partial charge in [-0.05, 0) is 138 Å². The molecule has 3 aromatic carbocycles. The first-order chi connectivity index (χ1) is 33.6. The van der Waals surface area contributed by atoms with Gasteiger partial charge in [-0.1, -0.05) is 90.1 Å². The molecule has 9 rings (SSSR count). The summed E-state index contributed by atoms with van der Waals surface area (Å²) in [5.74, 6) is 2.44. The summed E-state index contributed by atoms with van der Waals surface area (Å²) in [6.07, 6.45) is 9.14. The Morgan fingerprint density at radius 2 is 1.41 bits per heavy atom. The van der Waals surface area contributed by atoms with E-state index in [1.54, 1.807) is 0 Å². The van der Waals surface area contributed by atoms with Crippen LogP contribution in [0.1, 0.15) is 140 Å². The summed E-state index contributed by atoms with van der Waals surface area (Å²) in [4.78, 5) is 74.0. The van der Waals surface area contributed by atoms with Gasteiger partial charge in [0.15, 0.2) is 0 Å². The van der Waals surface area contributed by atoms with Crippen LogP contribution in [-0.4, -0.2) is 92.1 Å². The summed E-state index contributed by atoms with van der Waals surface area (Å²) in [5.41, 5.74) is 11.5. The van der Waals surface area contributed by atoms with Gasteiger partial charge in [-0.25, -0.2) is 19.6 Å². The molecule has 2 saturated heterocycles. The number of aromatic amines is 2. The summed E-state index contributed by atoms with van der Waals surface area (Å²) >= 11 is 0. The summed E-state index contributed by atoms with van der Waals surface area (Å²) in [6.45, 7) is 18.6. The van der Waals surface area contributed by atoms with E-state index in [0.717, 1.165) is 65.2 Å². The normalized spacial score (nSPS) is 22.9. The second-order valence-electron chi connectivity index (χ2n) is 21.3. The molecule has 0 radical (unpaired) electrons. The quantitative estimate of drug-likeness (QED) is 0.0750. The van der Waals surface area contributed by atoms with Gasteiger partial charge in [-0.15, -0.1) is 6.58 Å². The number of amides is 4. The molecule has 4 amide bonds. The number of carbonyl (C=O) groups excluding carboxylic acids is 4. The van der Waals surface area contributed by atoms with E-state index < -0.39 is 24.3 Å². The van der Waals surface area contributed by atoms with Crippen molar-refractivity contribution in [1.29, 1.82) is 0 Å². The van der Waals surface area contributed by atoms with Crippen molar-refractivity contribution in [2.24, 2.45) is 23.7 Å². The second kappa shape index (κ2) is 20.1. The SMILES string of the molecule is C=CCC(C)COC(=O)NC(C(=O)N1C(C)CCC1c1nc2ccc(-c3ccc(-c4ccc(-c5cnc(C6CC(C)CN6C(=O)C(NC(=O)OC)C(C)C)[nH]5)cc4)c4c3C3CCC4C3)cc2[nH]1)C(C)C. The Labute approximate surface area is 411 Å². The van der Waals surface area contributed by atoms with Crippen LogP contribution in [0.15, 0.2) is 73.4 Å². The minimum atomic E-state index is -0.732. The highest BCUT2D eigenvalue weighted by atomic mass is 16.5. The number of allylic oxidation sites excluding steroid dienone is 1. The zero-order chi connectivity index (χ0) is 49.5. The van der Waals surface area contributed by atoms with Crippen LogP contribution in [0.2, 0.25) is 0 Å². The Bertz CT molecular complexity index is 2760. The van der Waals surface area contributed by atoms with Crippen molar-refractivity contribution in [3.63, 3.8) is 0 Å². The maximum Gasteiger partial charge on any atom is 0.407 e. The number of nitrogens with one attached hydrogen (secondary N) is 4. The number of methoxy groups -OCH3 is 1. The topological polar surface area (TPSA) is 175 Å². The third kappa shape index (κ3) is 9.45. The van der Waals surface area contributed by atoms with Crippen molar-refractivity contribution in [2.75, 3.05) is 20.3 Å². The van der Waals surface area contributed by atoms with Gasteiger partial charge < -0.3 is 39.9 Å². The Balaban J connectivity index is 0.933. The van der Waals surface area contributed by atoms with Gasteiger partial charge in [-0.2, -0.15) is 0 Å². The lowest BCUT2D eigenvalue weighted by Crippen LogP contribution is -2.52. The minimum Gasteiger partial charge on any atom is -0.453 e. The molecule has 70 heavy (non-hydrogen) atoms. The Hall–Kier alpha value is -6.44. The first-order valence-corrected chi connectivity index (χ1v) is 25.5. The molecule has 14 heteroatoms. The molecule has 9 unspecified atom stereocenters. The number of H-pyrrole nitrogens is 2. The molecule has 2 aliphatic carbocycles. The number of hydrogen-bond donors (Lipinski definition) is 4. The van der Waals surface area contributed by atoms with E-state index in [0.29, 0.717) is 18.4 Å². The predicted molar refractivity (Wildman–Crippen MR) is 272 cm³/mol. The van der Waals surface area contributed by atoms with Crippen LogP contribution in [0.25, 0.3) is 44.5 Å². The van der Waals surface area contributed by atoms with Gasteiger partial charge in [0.2, 0.25) is 11.8 Å². The average molecular weight is 951 g/mol. The number of ether oxygens (including phenoxy) is 2. The number of fused-ring (bicyclic) bond motifs is 6. The molecule has 4 heterocycles. The highest BCUT2D eigenvalue weighted by Gasteiger charge is 2.43. The number of hydrogen-bond acceptors (Lipinski definition) is 8. The Kier molecular flexibility index (Phi) is 14.0. The third-order valence-corrected chi connectivity index (χ3v) is 15.5. The van der Waals surface area contributed by atoms with Crippen LogP contribution in [0.5, 0.6) is 0 Å². The van der Waals surface area contributed by atoms with Gasteiger partial charge in [0.05, 0.1) is 48.7 Å². The summed E-state index contributed by atoms with van der Waals surface area (Å²) in [7, 11) is 1.30. The molecule has 2 aromatic heterocycles. The van der Waals surface area contributed by atoms with E-state index in [2.05, 4.69) is 95.6 Å². The summed E-state index contributed by atoms with van der Waals surface area (Å²) < 4.78 is 10.3. The zero-order valence-corrected chi connectivity index (χ0v) is 42.0. The molecule has 3 fully saturated rings. The van der Waals surface area contributed by atoms with Crippen molar-refractivity contribution < 1.29 is 28.7 Å². The second-order valence-corrected chi connectivity index (χ2v) is 21.3. The average Bonchev–Trinajstić information content (AvgIpc) is 4.23. The number of carbonyl (C=O) groups is 4. The van der Waals surface area contributed by atoms with Crippen molar-refractivity contribution in [2.45, 2.75) is 135 Å². The van der Waals surface area contributed by atoms with E-state index in [9.17, 15) is 19.2 Å². The number of likely N-dealkylation sites (tertiary alicyclic amines) is 2. The summed E-state index contributed by atoms with van der Waals surface area (Å²) in [6, 6.07) is 17.9. The Morgan fingerprint density at radius 3 is 2.09 bits per heavy atom. The van der Waals surface area contributed by atoms with Crippen molar-refractivity contribution in [3.05, 3.63) is 96.2 Å². The third-order valence-electron chi connectivity index (χ3n) is 15.5. The van der Waals surface area contributed by atoms with E-state index in [1.165, 1.54) is 54.2 Å². The lowest BCUT2D eigenvalue weighted by Gasteiger charge is -2.33. The molecule has 14 nitrogen and oxygen atoms in total. The monoisotopic (exact) mass is 951 g/mol. The highest BCUT2D eigenvalue weighted by molar-refractivity contribution is 5.89. The highest BCUT2D eigenvalue weighted by Crippen LogP contribution is 2.58. The van der Waals surface area contributed by atoms with Crippen molar-refractivity contribution >= 4 is 35.0 Å². The van der Waals surface area contributed by atoms with Crippen LogP contribution in [0.4, 0.5) is 9.59 Å². The number of aromatic nitrogens is 4. The van der Waals surface area contributed by atoms with Gasteiger partial charge in [0.25, 0.3) is 0 Å². The first-order valence-electron chi connectivity index (χ1n) is 25.5. The molecule has 2 bridgehead atoms. The Morgan fingerprint density at radius 1 is 0.771 bits per heavy atom. The van der Waals surface area contributed by atoms with Crippen molar-refractivity contribution in [3.8, 4) is 33.5 Å². The van der Waals surface area contributed by atoms with E-state index in [-0.39, 0.29) is 60.2 Å². The standard InChI is InChI=1S/C56H70N8O6/c1-10-11-32(6)29-70-56(68)62-50(31(4)5)54(66)64-34(8)12-23-45(64)52-58-42-22-19-37(26-43(42)59-52)41-21-20-40(47-38-17-18-39(25-38)48(41)47)35-13-15-36(16-14-35)44-27-57-51(60-44)46-24-33(7)28-63(46)53(65)49(30(2)3)61-55(67)69-9/h10,13-16,19-22,26-27,30-34,38-39,45-46,49-50H,1,11-12,17-18,23-25,28-29H2,2-9H3,(H,57,60)(H,58,59)(H,61,67)(H,62,68). The molecule has 4 N–H and O–H groups in total. The molecule has 5 aromatic rings. The maximum absolute atomic E-state index is 14.3. The molecular weight excluding hydrogens is 881 g/mol. The lowest BCUT2D eigenvalue weighted by atomic mass is 9.81. The van der Waals surface area contributed by atoms with Crippen LogP contribution in [-0.2, 0) is 19.1 Å². The number of alkyl carbamates (subject to hydrolysis) is 2. The van der Waals surface area contributed by atoms with Crippen LogP contribution >= 0.6 is 0 Å². The fraction of sp³-hybridized carbons (Fsp3) is 0.500. The van der Waals surface area contributed by atoms with Crippen molar-refractivity contribution in [1.82, 2.24) is 40.4 Å². The molecule has 9 atom stereocenters.